The Kier molecular flexibility index (Phi) is 9.34. The minimum Gasteiger partial charge on any atom is -0.496 e. The molecule has 3 aliphatic rings. The van der Waals surface area contributed by atoms with Gasteiger partial charge >= 0.3 is 0 Å². The van der Waals surface area contributed by atoms with Crippen LogP contribution in [0.15, 0.2) is 48.5 Å². The van der Waals surface area contributed by atoms with E-state index in [4.69, 9.17) is 9.72 Å². The molecule has 11 heteroatoms. The monoisotopic (exact) mass is 669 g/mol. The van der Waals surface area contributed by atoms with Gasteiger partial charge in [-0.2, -0.15) is 0 Å². The minimum atomic E-state index is -0.716. The number of nitrogens with one attached hydrogen (secondary N) is 1. The highest BCUT2D eigenvalue weighted by atomic mass is 19.1. The Morgan fingerprint density at radius 1 is 0.959 bits per heavy atom. The zero-order valence-corrected chi connectivity index (χ0v) is 29.1. The van der Waals surface area contributed by atoms with Crippen molar-refractivity contribution in [1.82, 2.24) is 24.3 Å². The average Bonchev–Trinajstić information content (AvgIpc) is 3.46. The summed E-state index contributed by atoms with van der Waals surface area (Å²) >= 11 is 0. The summed E-state index contributed by atoms with van der Waals surface area (Å²) in [6.07, 6.45) is 5.03. The number of ether oxygens (including phenoxy) is 1. The van der Waals surface area contributed by atoms with Crippen molar-refractivity contribution in [3.05, 3.63) is 65.6 Å². The number of benzene rings is 2. The summed E-state index contributed by atoms with van der Waals surface area (Å²) in [7, 11) is 3.72. The summed E-state index contributed by atoms with van der Waals surface area (Å²) in [4.78, 5) is 30.8. The number of para-hydroxylation sites is 1. The second kappa shape index (κ2) is 13.7. The highest BCUT2D eigenvalue weighted by Gasteiger charge is 2.33. The van der Waals surface area contributed by atoms with Gasteiger partial charge in [0.25, 0.3) is 5.91 Å². The van der Waals surface area contributed by atoms with E-state index in [1.807, 2.05) is 6.92 Å². The molecular weight excluding hydrogens is 621 g/mol. The molecule has 2 aromatic carbocycles. The Labute approximate surface area is 287 Å². The van der Waals surface area contributed by atoms with E-state index in [1.54, 1.807) is 31.2 Å². The number of piperidine rings is 1. The van der Waals surface area contributed by atoms with E-state index in [0.29, 0.717) is 41.8 Å². The summed E-state index contributed by atoms with van der Waals surface area (Å²) in [5.74, 6) is -0.457. The molecule has 2 aromatic heterocycles. The summed E-state index contributed by atoms with van der Waals surface area (Å²) in [6.45, 7) is 10.1. The maximum absolute atomic E-state index is 16.1. The van der Waals surface area contributed by atoms with Crippen LogP contribution in [-0.4, -0.2) is 100 Å². The fraction of sp³-hybridized carbons (Fsp3) is 0.500. The number of amides is 1. The standard InChI is InChI=1S/C38H48FN7O3/c1-25-23-30(34(39)35(40-25)29-7-5-6-8-33(29)49-4)36(47)42-37-41-31-24-28(9-10-32(31)46(37)27-11-15-38(2,48)16-12-27)44-17-13-26(14-18-44)45-21-19-43(3)20-22-45/h5-10,23-24,26-27,48H,11-22H2,1-4H3,(H,41,42,47). The number of anilines is 2. The third-order valence-corrected chi connectivity index (χ3v) is 10.9. The van der Waals surface area contributed by atoms with E-state index in [1.165, 1.54) is 13.2 Å². The van der Waals surface area contributed by atoms with Crippen LogP contribution in [0.2, 0.25) is 0 Å². The number of pyridine rings is 1. The van der Waals surface area contributed by atoms with E-state index in [-0.39, 0.29) is 17.3 Å². The number of aromatic nitrogens is 3. The molecule has 49 heavy (non-hydrogen) atoms. The average molecular weight is 670 g/mol. The van der Waals surface area contributed by atoms with Crippen LogP contribution in [0.3, 0.4) is 0 Å². The molecule has 3 fully saturated rings. The quantitative estimate of drug-likeness (QED) is 0.252. The highest BCUT2D eigenvalue weighted by Crippen LogP contribution is 2.40. The molecule has 2 aliphatic heterocycles. The number of fused-ring (bicyclic) bond motifs is 1. The first-order valence-electron chi connectivity index (χ1n) is 17.6. The molecule has 4 heterocycles. The Hall–Kier alpha value is -4.06. The van der Waals surface area contributed by atoms with Gasteiger partial charge in [-0.1, -0.05) is 12.1 Å². The Morgan fingerprint density at radius 2 is 1.67 bits per heavy atom. The number of carbonyl (C=O) groups is 1. The summed E-state index contributed by atoms with van der Waals surface area (Å²) in [5, 5.41) is 13.7. The van der Waals surface area contributed by atoms with Crippen LogP contribution in [0, 0.1) is 12.7 Å². The lowest BCUT2D eigenvalue weighted by atomic mass is 9.83. The molecule has 1 aliphatic carbocycles. The second-order valence-electron chi connectivity index (χ2n) is 14.4. The SMILES string of the molecule is COc1ccccc1-c1nc(C)cc(C(=O)Nc2nc3cc(N4CCC(N5CCN(C)CC5)CC4)ccc3n2C2CCC(C)(O)CC2)c1F. The molecule has 4 aromatic rings. The first-order valence-corrected chi connectivity index (χ1v) is 17.6. The van der Waals surface area contributed by atoms with E-state index in [9.17, 15) is 9.90 Å². The lowest BCUT2D eigenvalue weighted by molar-refractivity contribution is 0.0106. The molecule has 2 saturated heterocycles. The fourth-order valence-corrected chi connectivity index (χ4v) is 7.91. The molecule has 7 rings (SSSR count). The van der Waals surface area contributed by atoms with Crippen molar-refractivity contribution in [3.8, 4) is 17.0 Å². The number of likely N-dealkylation sites (N-methyl/N-ethyl adjacent to an activating group) is 1. The Bertz CT molecular complexity index is 1820. The predicted molar refractivity (Wildman–Crippen MR) is 191 cm³/mol. The number of piperazine rings is 1. The third kappa shape index (κ3) is 6.89. The molecular formula is C38H48FN7O3. The largest absolute Gasteiger partial charge is 0.496 e. The Morgan fingerprint density at radius 3 is 2.39 bits per heavy atom. The summed E-state index contributed by atoms with van der Waals surface area (Å²) < 4.78 is 23.7. The number of aliphatic hydroxyl groups is 1. The van der Waals surface area contributed by atoms with E-state index in [0.717, 1.165) is 81.7 Å². The van der Waals surface area contributed by atoms with Gasteiger partial charge in [0.1, 0.15) is 11.4 Å². The number of halogens is 1. The van der Waals surface area contributed by atoms with Gasteiger partial charge in [0.05, 0.1) is 29.3 Å². The zero-order valence-electron chi connectivity index (χ0n) is 29.1. The summed E-state index contributed by atoms with van der Waals surface area (Å²) in [5.41, 5.74) is 3.04. The molecule has 0 unspecified atom stereocenters. The van der Waals surface area contributed by atoms with Crippen LogP contribution in [0.5, 0.6) is 5.75 Å². The van der Waals surface area contributed by atoms with E-state index in [2.05, 4.69) is 54.8 Å². The van der Waals surface area contributed by atoms with Crippen LogP contribution < -0.4 is 15.0 Å². The molecule has 0 bridgehead atoms. The van der Waals surface area contributed by atoms with E-state index >= 15 is 4.39 Å². The fourth-order valence-electron chi connectivity index (χ4n) is 7.91. The highest BCUT2D eigenvalue weighted by molar-refractivity contribution is 6.05. The van der Waals surface area contributed by atoms with Crippen LogP contribution in [0.4, 0.5) is 16.0 Å². The van der Waals surface area contributed by atoms with Crippen molar-refractivity contribution >= 4 is 28.6 Å². The molecule has 1 saturated carbocycles. The number of imidazole rings is 1. The van der Waals surface area contributed by atoms with Gasteiger partial charge < -0.3 is 24.2 Å². The van der Waals surface area contributed by atoms with Gasteiger partial charge in [-0.05, 0) is 95.8 Å². The van der Waals surface area contributed by atoms with Crippen LogP contribution >= 0.6 is 0 Å². The lowest BCUT2D eigenvalue weighted by Crippen LogP contribution is -2.52. The van der Waals surface area contributed by atoms with Crippen molar-refractivity contribution in [3.63, 3.8) is 0 Å². The number of nitrogens with zero attached hydrogens (tertiary/aromatic N) is 6. The van der Waals surface area contributed by atoms with Crippen molar-refractivity contribution in [1.29, 1.82) is 0 Å². The molecule has 10 nitrogen and oxygen atoms in total. The first-order chi connectivity index (χ1) is 23.6. The van der Waals surface area contributed by atoms with Crippen LogP contribution in [-0.2, 0) is 0 Å². The van der Waals surface area contributed by atoms with Gasteiger partial charge in [-0.3, -0.25) is 15.0 Å². The van der Waals surface area contributed by atoms with Crippen molar-refractivity contribution in [2.45, 2.75) is 70.1 Å². The maximum Gasteiger partial charge on any atom is 0.261 e. The maximum atomic E-state index is 16.1. The number of methoxy groups -OCH3 is 1. The molecule has 2 N–H and O–H groups in total. The van der Waals surface area contributed by atoms with Gasteiger partial charge in [-0.15, -0.1) is 0 Å². The van der Waals surface area contributed by atoms with Crippen molar-refractivity contribution in [2.75, 3.05) is 63.6 Å². The van der Waals surface area contributed by atoms with E-state index < -0.39 is 17.3 Å². The Balaban J connectivity index is 1.18. The number of carbonyl (C=O) groups excluding carboxylic acids is 1. The van der Waals surface area contributed by atoms with Gasteiger partial charge in [0.2, 0.25) is 5.95 Å². The molecule has 0 spiro atoms. The molecule has 0 atom stereocenters. The van der Waals surface area contributed by atoms with Crippen molar-refractivity contribution < 1.29 is 19.0 Å². The third-order valence-electron chi connectivity index (χ3n) is 10.9. The van der Waals surface area contributed by atoms with Gasteiger partial charge in [-0.25, -0.2) is 14.4 Å². The predicted octanol–water partition coefficient (Wildman–Crippen LogP) is 5.89. The van der Waals surface area contributed by atoms with Crippen molar-refractivity contribution in [2.24, 2.45) is 0 Å². The zero-order chi connectivity index (χ0) is 34.3. The minimum absolute atomic E-state index is 0.0267. The normalized spacial score (nSPS) is 22.8. The molecule has 260 valence electrons. The van der Waals surface area contributed by atoms with Gasteiger partial charge in [0, 0.05) is 68.3 Å². The lowest BCUT2D eigenvalue weighted by Gasteiger charge is -2.42. The second-order valence-corrected chi connectivity index (χ2v) is 14.4. The number of rotatable bonds is 7. The smallest absolute Gasteiger partial charge is 0.261 e. The van der Waals surface area contributed by atoms with Crippen LogP contribution in [0.25, 0.3) is 22.3 Å². The summed E-state index contributed by atoms with van der Waals surface area (Å²) in [6, 6.07) is 15.6. The van der Waals surface area contributed by atoms with Gasteiger partial charge in [0.15, 0.2) is 5.82 Å². The first kappa shape index (κ1) is 33.4. The topological polar surface area (TPSA) is 99.0 Å². The number of hydrogen-bond acceptors (Lipinski definition) is 8. The number of aryl methyl sites for hydroxylation is 1. The molecule has 1 amide bonds. The molecule has 0 radical (unpaired) electrons. The van der Waals surface area contributed by atoms with Crippen LogP contribution in [0.1, 0.15) is 67.5 Å². The number of hydrogen-bond donors (Lipinski definition) is 2.